The fourth-order valence-corrected chi connectivity index (χ4v) is 3.79. The van der Waals surface area contributed by atoms with Crippen molar-refractivity contribution >= 4 is 49.7 Å². The SMILES string of the molecule is COc1ccc(NS(=O)(=O)c2nnc(NC(=O)C(C)(C)C)s2)cc1Cl. The lowest BCUT2D eigenvalue weighted by molar-refractivity contribution is -0.123. The molecule has 0 radical (unpaired) electrons. The summed E-state index contributed by atoms with van der Waals surface area (Å²) in [5.41, 5.74) is -0.385. The van der Waals surface area contributed by atoms with Crippen LogP contribution >= 0.6 is 22.9 Å². The quantitative estimate of drug-likeness (QED) is 0.741. The van der Waals surface area contributed by atoms with E-state index in [4.69, 9.17) is 16.3 Å². The van der Waals surface area contributed by atoms with Crippen molar-refractivity contribution in [2.24, 2.45) is 5.41 Å². The number of hydrogen-bond acceptors (Lipinski definition) is 7. The molecule has 1 heterocycles. The van der Waals surface area contributed by atoms with Crippen molar-refractivity contribution < 1.29 is 17.9 Å². The van der Waals surface area contributed by atoms with E-state index in [1.54, 1.807) is 20.8 Å². The van der Waals surface area contributed by atoms with Crippen molar-refractivity contribution in [3.63, 3.8) is 0 Å². The number of amides is 1. The lowest BCUT2D eigenvalue weighted by atomic mass is 9.96. The Bertz CT molecular complexity index is 890. The van der Waals surface area contributed by atoms with Gasteiger partial charge in [-0.05, 0) is 18.2 Å². The second-order valence-electron chi connectivity index (χ2n) is 6.03. The van der Waals surface area contributed by atoms with E-state index in [9.17, 15) is 13.2 Å². The third-order valence-corrected chi connectivity index (χ3v) is 5.82. The number of benzene rings is 1. The summed E-state index contributed by atoms with van der Waals surface area (Å²) < 4.78 is 31.8. The van der Waals surface area contributed by atoms with Crippen LogP contribution in [0, 0.1) is 5.41 Å². The number of hydrogen-bond donors (Lipinski definition) is 2. The smallest absolute Gasteiger partial charge is 0.291 e. The van der Waals surface area contributed by atoms with E-state index in [1.165, 1.54) is 25.3 Å². The third kappa shape index (κ3) is 4.80. The van der Waals surface area contributed by atoms with Crippen LogP contribution in [0.1, 0.15) is 20.8 Å². The Hall–Kier alpha value is -1.91. The molecule has 0 spiro atoms. The van der Waals surface area contributed by atoms with Gasteiger partial charge in [-0.1, -0.05) is 43.7 Å². The Balaban J connectivity index is 2.18. The third-order valence-electron chi connectivity index (χ3n) is 2.94. The monoisotopic (exact) mass is 404 g/mol. The van der Waals surface area contributed by atoms with E-state index in [1.807, 2.05) is 0 Å². The van der Waals surface area contributed by atoms with Crippen LogP contribution in [0.4, 0.5) is 10.8 Å². The van der Waals surface area contributed by atoms with E-state index in [0.717, 1.165) is 11.3 Å². The highest BCUT2D eigenvalue weighted by molar-refractivity contribution is 7.94. The molecular weight excluding hydrogens is 388 g/mol. The molecule has 2 rings (SSSR count). The largest absolute Gasteiger partial charge is 0.495 e. The number of anilines is 2. The predicted molar refractivity (Wildman–Crippen MR) is 96.8 cm³/mol. The minimum absolute atomic E-state index is 0.105. The van der Waals surface area contributed by atoms with Gasteiger partial charge in [-0.25, -0.2) is 0 Å². The summed E-state index contributed by atoms with van der Waals surface area (Å²) >= 11 is 6.73. The lowest BCUT2D eigenvalue weighted by Crippen LogP contribution is -2.27. The number of methoxy groups -OCH3 is 1. The van der Waals surface area contributed by atoms with Gasteiger partial charge in [0.05, 0.1) is 17.8 Å². The number of nitrogens with one attached hydrogen (secondary N) is 2. The molecule has 0 aliphatic carbocycles. The first-order chi connectivity index (χ1) is 11.5. The fourth-order valence-electron chi connectivity index (χ4n) is 1.58. The Labute approximate surface area is 154 Å². The average Bonchev–Trinajstić information content (AvgIpc) is 2.95. The second-order valence-corrected chi connectivity index (χ2v) is 9.27. The first kappa shape index (κ1) is 19.4. The zero-order valence-electron chi connectivity index (χ0n) is 14.0. The van der Waals surface area contributed by atoms with Crippen LogP contribution in [-0.2, 0) is 14.8 Å². The van der Waals surface area contributed by atoms with Gasteiger partial charge in [-0.3, -0.25) is 9.52 Å². The van der Waals surface area contributed by atoms with Crippen molar-refractivity contribution in [1.82, 2.24) is 10.2 Å². The van der Waals surface area contributed by atoms with E-state index < -0.39 is 15.4 Å². The molecule has 1 amide bonds. The van der Waals surface area contributed by atoms with Crippen molar-refractivity contribution in [2.45, 2.75) is 25.1 Å². The Morgan fingerprint density at radius 1 is 1.28 bits per heavy atom. The molecule has 25 heavy (non-hydrogen) atoms. The first-order valence-electron chi connectivity index (χ1n) is 7.04. The summed E-state index contributed by atoms with van der Waals surface area (Å²) in [6.07, 6.45) is 0. The van der Waals surface area contributed by atoms with Crippen molar-refractivity contribution in [1.29, 1.82) is 0 Å². The molecule has 0 saturated heterocycles. The molecule has 0 bridgehead atoms. The number of nitrogens with zero attached hydrogens (tertiary/aromatic N) is 2. The number of aromatic nitrogens is 2. The molecule has 0 aliphatic rings. The molecule has 136 valence electrons. The number of halogens is 1. The molecule has 0 atom stereocenters. The zero-order chi connectivity index (χ0) is 18.8. The highest BCUT2D eigenvalue weighted by Gasteiger charge is 2.25. The molecule has 0 unspecified atom stereocenters. The van der Waals surface area contributed by atoms with Gasteiger partial charge in [0, 0.05) is 5.41 Å². The number of carbonyl (C=O) groups excluding carboxylic acids is 1. The van der Waals surface area contributed by atoms with Crippen LogP contribution in [0.25, 0.3) is 0 Å². The number of carbonyl (C=O) groups is 1. The van der Waals surface area contributed by atoms with E-state index in [-0.39, 0.29) is 26.1 Å². The summed E-state index contributed by atoms with van der Waals surface area (Å²) in [4.78, 5) is 11.9. The number of rotatable bonds is 5. The molecule has 0 saturated carbocycles. The molecule has 0 aliphatic heterocycles. The fraction of sp³-hybridized carbons (Fsp3) is 0.357. The first-order valence-corrected chi connectivity index (χ1v) is 9.72. The van der Waals surface area contributed by atoms with Gasteiger partial charge < -0.3 is 10.1 Å². The second kappa shape index (κ2) is 7.14. The molecule has 1 aromatic carbocycles. The van der Waals surface area contributed by atoms with Gasteiger partial charge in [0.2, 0.25) is 11.0 Å². The molecule has 2 N–H and O–H groups in total. The van der Waals surface area contributed by atoms with Gasteiger partial charge in [0.15, 0.2) is 0 Å². The highest BCUT2D eigenvalue weighted by atomic mass is 35.5. The summed E-state index contributed by atoms with van der Waals surface area (Å²) in [7, 11) is -2.50. The standard InChI is InChI=1S/C14H17ClN4O4S2/c1-14(2,3)11(20)16-12-17-18-13(24-12)25(21,22)19-8-5-6-10(23-4)9(15)7-8/h5-7,19H,1-4H3,(H,16,17,20). The van der Waals surface area contributed by atoms with Crippen molar-refractivity contribution in [3.05, 3.63) is 23.2 Å². The van der Waals surface area contributed by atoms with E-state index >= 15 is 0 Å². The van der Waals surface area contributed by atoms with Gasteiger partial charge in [-0.2, -0.15) is 8.42 Å². The molecule has 0 fully saturated rings. The van der Waals surface area contributed by atoms with Gasteiger partial charge >= 0.3 is 0 Å². The van der Waals surface area contributed by atoms with Crippen LogP contribution in [0.5, 0.6) is 5.75 Å². The van der Waals surface area contributed by atoms with Crippen LogP contribution < -0.4 is 14.8 Å². The molecular formula is C14H17ClN4O4S2. The van der Waals surface area contributed by atoms with E-state index in [2.05, 4.69) is 20.2 Å². The lowest BCUT2D eigenvalue weighted by Gasteiger charge is -2.15. The molecule has 2 aromatic rings. The van der Waals surface area contributed by atoms with E-state index in [0.29, 0.717) is 5.75 Å². The van der Waals surface area contributed by atoms with Crippen LogP contribution in [0.3, 0.4) is 0 Å². The maximum Gasteiger partial charge on any atom is 0.291 e. The predicted octanol–water partition coefficient (Wildman–Crippen LogP) is 2.99. The highest BCUT2D eigenvalue weighted by Crippen LogP contribution is 2.29. The average molecular weight is 405 g/mol. The van der Waals surface area contributed by atoms with Crippen LogP contribution in [-0.4, -0.2) is 31.6 Å². The maximum atomic E-state index is 12.4. The van der Waals surface area contributed by atoms with Gasteiger partial charge in [-0.15, -0.1) is 10.2 Å². The topological polar surface area (TPSA) is 110 Å². The minimum atomic E-state index is -3.96. The van der Waals surface area contributed by atoms with Crippen LogP contribution in [0.2, 0.25) is 5.02 Å². The van der Waals surface area contributed by atoms with Crippen molar-refractivity contribution in [3.8, 4) is 5.75 Å². The summed E-state index contributed by atoms with van der Waals surface area (Å²) in [6.45, 7) is 5.20. The number of ether oxygens (including phenoxy) is 1. The summed E-state index contributed by atoms with van der Waals surface area (Å²) in [6, 6.07) is 4.46. The summed E-state index contributed by atoms with van der Waals surface area (Å²) in [5.74, 6) is 0.134. The Morgan fingerprint density at radius 2 is 1.96 bits per heavy atom. The molecule has 1 aromatic heterocycles. The summed E-state index contributed by atoms with van der Waals surface area (Å²) in [5, 5.41) is 10.2. The minimum Gasteiger partial charge on any atom is -0.495 e. The van der Waals surface area contributed by atoms with Gasteiger partial charge in [0.25, 0.3) is 14.4 Å². The Morgan fingerprint density at radius 3 is 2.52 bits per heavy atom. The Kier molecular flexibility index (Phi) is 5.55. The van der Waals surface area contributed by atoms with Crippen molar-refractivity contribution in [2.75, 3.05) is 17.1 Å². The zero-order valence-corrected chi connectivity index (χ0v) is 16.3. The molecule has 8 nitrogen and oxygen atoms in total. The number of sulfonamides is 1. The van der Waals surface area contributed by atoms with Crippen LogP contribution in [0.15, 0.2) is 22.5 Å². The molecule has 11 heteroatoms. The van der Waals surface area contributed by atoms with Gasteiger partial charge in [0.1, 0.15) is 5.75 Å². The normalized spacial score (nSPS) is 11.9. The maximum absolute atomic E-state index is 12.4.